The van der Waals surface area contributed by atoms with Gasteiger partial charge in [0.25, 0.3) is 0 Å². The molecule has 0 radical (unpaired) electrons. The van der Waals surface area contributed by atoms with Crippen molar-refractivity contribution in [2.45, 2.75) is 39.3 Å². The number of carboxylic acid groups (broad SMARTS) is 1. The van der Waals surface area contributed by atoms with Gasteiger partial charge in [0.05, 0.1) is 5.69 Å². The number of imidazole rings is 1. The molecule has 5 nitrogen and oxygen atoms in total. The van der Waals surface area contributed by atoms with Gasteiger partial charge in [-0.1, -0.05) is 6.92 Å². The Hall–Kier alpha value is -1.36. The highest BCUT2D eigenvalue weighted by atomic mass is 16.4. The van der Waals surface area contributed by atoms with Crippen molar-refractivity contribution >= 4 is 5.97 Å². The van der Waals surface area contributed by atoms with Crippen LogP contribution < -0.4 is 5.32 Å². The SMILES string of the molecule is CCc1nc(C)cn1CCC(NC)C(=O)O. The Morgan fingerprint density at radius 3 is 2.88 bits per heavy atom. The van der Waals surface area contributed by atoms with Gasteiger partial charge in [-0.25, -0.2) is 4.98 Å². The third-order valence-electron chi connectivity index (χ3n) is 2.60. The van der Waals surface area contributed by atoms with E-state index < -0.39 is 12.0 Å². The highest BCUT2D eigenvalue weighted by molar-refractivity contribution is 5.73. The van der Waals surface area contributed by atoms with Gasteiger partial charge in [-0.05, 0) is 20.4 Å². The van der Waals surface area contributed by atoms with Crippen molar-refractivity contribution < 1.29 is 9.90 Å². The summed E-state index contributed by atoms with van der Waals surface area (Å²) in [7, 11) is 1.67. The van der Waals surface area contributed by atoms with E-state index in [0.717, 1.165) is 17.9 Å². The van der Waals surface area contributed by atoms with Gasteiger partial charge in [0.2, 0.25) is 0 Å². The predicted molar refractivity (Wildman–Crippen MR) is 61.4 cm³/mol. The molecule has 0 aliphatic rings. The molecule has 1 aromatic rings. The third-order valence-corrected chi connectivity index (χ3v) is 2.60. The molecular weight excluding hydrogens is 206 g/mol. The van der Waals surface area contributed by atoms with Crippen LogP contribution in [0.15, 0.2) is 6.20 Å². The van der Waals surface area contributed by atoms with Crippen LogP contribution in [0.2, 0.25) is 0 Å². The van der Waals surface area contributed by atoms with Crippen LogP contribution in [0.25, 0.3) is 0 Å². The first-order chi connectivity index (χ1) is 7.58. The van der Waals surface area contributed by atoms with E-state index in [-0.39, 0.29) is 0 Å². The molecule has 0 amide bonds. The van der Waals surface area contributed by atoms with E-state index in [9.17, 15) is 4.79 Å². The van der Waals surface area contributed by atoms with Gasteiger partial charge < -0.3 is 15.0 Å². The van der Waals surface area contributed by atoms with Crippen LogP contribution >= 0.6 is 0 Å². The Bertz CT molecular complexity index is 360. The van der Waals surface area contributed by atoms with Gasteiger partial charge in [0.15, 0.2) is 0 Å². The number of hydrogen-bond acceptors (Lipinski definition) is 3. The third kappa shape index (κ3) is 3.06. The Labute approximate surface area is 95.5 Å². The molecule has 0 saturated heterocycles. The topological polar surface area (TPSA) is 67.2 Å². The fourth-order valence-corrected chi connectivity index (χ4v) is 1.73. The van der Waals surface area contributed by atoms with Crippen molar-refractivity contribution in [1.82, 2.24) is 14.9 Å². The maximum absolute atomic E-state index is 10.8. The number of aliphatic carboxylic acids is 1. The average Bonchev–Trinajstić information content (AvgIpc) is 2.59. The van der Waals surface area contributed by atoms with Gasteiger partial charge in [-0.15, -0.1) is 0 Å². The molecule has 0 saturated carbocycles. The summed E-state index contributed by atoms with van der Waals surface area (Å²) in [5, 5.41) is 11.7. The summed E-state index contributed by atoms with van der Waals surface area (Å²) in [6.45, 7) is 4.68. The van der Waals surface area contributed by atoms with E-state index in [0.29, 0.717) is 13.0 Å². The molecule has 1 aromatic heterocycles. The average molecular weight is 225 g/mol. The Morgan fingerprint density at radius 1 is 1.69 bits per heavy atom. The number of aromatic nitrogens is 2. The molecule has 1 rings (SSSR count). The zero-order valence-electron chi connectivity index (χ0n) is 10.0. The second kappa shape index (κ2) is 5.65. The molecular formula is C11H19N3O2. The number of hydrogen-bond donors (Lipinski definition) is 2. The minimum Gasteiger partial charge on any atom is -0.480 e. The summed E-state index contributed by atoms with van der Waals surface area (Å²) < 4.78 is 2.03. The van der Waals surface area contributed by atoms with Gasteiger partial charge in [0.1, 0.15) is 11.9 Å². The van der Waals surface area contributed by atoms with Gasteiger partial charge in [-0.2, -0.15) is 0 Å². The molecule has 0 aliphatic heterocycles. The van der Waals surface area contributed by atoms with Crippen LogP contribution in [0.4, 0.5) is 0 Å². The van der Waals surface area contributed by atoms with Crippen LogP contribution in [0.5, 0.6) is 0 Å². The summed E-state index contributed by atoms with van der Waals surface area (Å²) in [6, 6.07) is -0.493. The molecule has 0 aliphatic carbocycles. The first kappa shape index (κ1) is 12.7. The maximum atomic E-state index is 10.8. The summed E-state index contributed by atoms with van der Waals surface area (Å²) in [5.74, 6) is 0.204. The molecule has 2 N–H and O–H groups in total. The molecule has 0 fully saturated rings. The molecule has 0 spiro atoms. The molecule has 0 aromatic carbocycles. The molecule has 1 heterocycles. The van der Waals surface area contributed by atoms with Crippen LogP contribution in [-0.2, 0) is 17.8 Å². The van der Waals surface area contributed by atoms with E-state index in [1.165, 1.54) is 0 Å². The lowest BCUT2D eigenvalue weighted by molar-refractivity contribution is -0.139. The lowest BCUT2D eigenvalue weighted by atomic mass is 10.2. The zero-order chi connectivity index (χ0) is 12.1. The maximum Gasteiger partial charge on any atom is 0.320 e. The number of rotatable bonds is 6. The molecule has 90 valence electrons. The van der Waals surface area contributed by atoms with Crippen molar-refractivity contribution in [3.8, 4) is 0 Å². The summed E-state index contributed by atoms with van der Waals surface area (Å²) in [4.78, 5) is 15.2. The Morgan fingerprint density at radius 2 is 2.38 bits per heavy atom. The lowest BCUT2D eigenvalue weighted by Crippen LogP contribution is -2.34. The first-order valence-electron chi connectivity index (χ1n) is 5.51. The van der Waals surface area contributed by atoms with Crippen molar-refractivity contribution in [1.29, 1.82) is 0 Å². The van der Waals surface area contributed by atoms with E-state index in [4.69, 9.17) is 5.11 Å². The van der Waals surface area contributed by atoms with Crippen LogP contribution in [0.1, 0.15) is 24.9 Å². The van der Waals surface area contributed by atoms with Crippen LogP contribution in [0, 0.1) is 6.92 Å². The van der Waals surface area contributed by atoms with Crippen LogP contribution in [0.3, 0.4) is 0 Å². The van der Waals surface area contributed by atoms with Gasteiger partial charge in [0, 0.05) is 19.2 Å². The second-order valence-corrected chi connectivity index (χ2v) is 3.81. The van der Waals surface area contributed by atoms with E-state index in [2.05, 4.69) is 10.3 Å². The number of likely N-dealkylation sites (N-methyl/N-ethyl adjacent to an activating group) is 1. The van der Waals surface area contributed by atoms with Gasteiger partial charge >= 0.3 is 5.97 Å². The Balaban J connectivity index is 2.62. The minimum absolute atomic E-state index is 0.493. The summed E-state index contributed by atoms with van der Waals surface area (Å²) >= 11 is 0. The number of nitrogens with one attached hydrogen (secondary N) is 1. The molecule has 1 unspecified atom stereocenters. The Kier molecular flexibility index (Phi) is 4.49. The molecule has 5 heteroatoms. The fraction of sp³-hybridized carbons (Fsp3) is 0.636. The normalized spacial score (nSPS) is 12.7. The quantitative estimate of drug-likeness (QED) is 0.752. The van der Waals surface area contributed by atoms with Crippen LogP contribution in [-0.4, -0.2) is 33.7 Å². The molecule has 1 atom stereocenters. The van der Waals surface area contributed by atoms with Crippen molar-refractivity contribution in [2.75, 3.05) is 7.05 Å². The highest BCUT2D eigenvalue weighted by Crippen LogP contribution is 2.06. The predicted octanol–water partition coefficient (Wildman–Crippen LogP) is 0.817. The number of nitrogens with zero attached hydrogens (tertiary/aromatic N) is 2. The summed E-state index contributed by atoms with van der Waals surface area (Å²) in [6.07, 6.45) is 3.40. The minimum atomic E-state index is -0.808. The van der Waals surface area contributed by atoms with E-state index in [1.54, 1.807) is 7.05 Å². The van der Waals surface area contributed by atoms with E-state index >= 15 is 0 Å². The first-order valence-corrected chi connectivity index (χ1v) is 5.51. The number of aryl methyl sites for hydroxylation is 3. The smallest absolute Gasteiger partial charge is 0.320 e. The van der Waals surface area contributed by atoms with E-state index in [1.807, 2.05) is 24.6 Å². The molecule has 0 bridgehead atoms. The second-order valence-electron chi connectivity index (χ2n) is 3.81. The standard InChI is InChI=1S/C11H19N3O2/c1-4-10-13-8(2)7-14(10)6-5-9(12-3)11(15)16/h7,9,12H,4-6H2,1-3H3,(H,15,16). The van der Waals surface area contributed by atoms with Crippen molar-refractivity contribution in [3.05, 3.63) is 17.7 Å². The highest BCUT2D eigenvalue weighted by Gasteiger charge is 2.15. The van der Waals surface area contributed by atoms with Gasteiger partial charge in [-0.3, -0.25) is 4.79 Å². The fourth-order valence-electron chi connectivity index (χ4n) is 1.73. The number of carbonyl (C=O) groups is 1. The lowest BCUT2D eigenvalue weighted by Gasteiger charge is -2.12. The monoisotopic (exact) mass is 225 g/mol. The zero-order valence-corrected chi connectivity index (χ0v) is 10.0. The van der Waals surface area contributed by atoms with Crippen molar-refractivity contribution in [2.24, 2.45) is 0 Å². The largest absolute Gasteiger partial charge is 0.480 e. The summed E-state index contributed by atoms with van der Waals surface area (Å²) in [5.41, 5.74) is 0.980. The molecule has 16 heavy (non-hydrogen) atoms. The number of carboxylic acids is 1. The van der Waals surface area contributed by atoms with Crippen molar-refractivity contribution in [3.63, 3.8) is 0 Å².